The predicted octanol–water partition coefficient (Wildman–Crippen LogP) is 4.83. The average molecular weight is 506 g/mol. The Kier molecular flexibility index (Phi) is 8.76. The third-order valence-corrected chi connectivity index (χ3v) is 5.69. The second-order valence-electron chi connectivity index (χ2n) is 10.1. The number of ether oxygens (including phenoxy) is 1. The Morgan fingerprint density at radius 2 is 1.57 bits per heavy atom. The van der Waals surface area contributed by atoms with Gasteiger partial charge in [-0.05, 0) is 74.2 Å². The molecule has 196 valence electrons. The summed E-state index contributed by atoms with van der Waals surface area (Å²) >= 11 is 0. The van der Waals surface area contributed by atoms with E-state index in [2.05, 4.69) is 24.5 Å². The quantitative estimate of drug-likeness (QED) is 0.434. The first kappa shape index (κ1) is 27.5. The van der Waals surface area contributed by atoms with E-state index in [1.165, 1.54) is 17.2 Å². The molecule has 0 bridgehead atoms. The molecule has 8 heteroatoms. The maximum Gasteiger partial charge on any atom is 0.287 e. The Morgan fingerprint density at radius 1 is 0.946 bits per heavy atom. The molecule has 2 aromatic carbocycles. The van der Waals surface area contributed by atoms with Gasteiger partial charge in [-0.2, -0.15) is 0 Å². The molecule has 37 heavy (non-hydrogen) atoms. The molecule has 1 atom stereocenters. The van der Waals surface area contributed by atoms with Crippen LogP contribution in [-0.4, -0.2) is 36.9 Å². The number of hydrogen-bond acceptors (Lipinski definition) is 5. The summed E-state index contributed by atoms with van der Waals surface area (Å²) in [6.07, 6.45) is 1.38. The van der Waals surface area contributed by atoms with Crippen LogP contribution in [0.15, 0.2) is 71.3 Å². The van der Waals surface area contributed by atoms with Crippen molar-refractivity contribution in [3.63, 3.8) is 0 Å². The van der Waals surface area contributed by atoms with Gasteiger partial charge in [-0.25, -0.2) is 0 Å². The standard InChI is InChI=1S/C29H35N3O5/c1-19(2)20-9-11-21(12-10-20)26(28(35)31-29(3,4)5)32(22-13-15-23(36-6)16-14-22)25(33)18-30-27(34)24-8-7-17-37-24/h7-17,19,26H,18H2,1-6H3,(H,30,34)(H,31,35)/t26-/m1/s1. The molecule has 1 aromatic heterocycles. The lowest BCUT2D eigenvalue weighted by Crippen LogP contribution is -2.51. The van der Waals surface area contributed by atoms with E-state index in [4.69, 9.17) is 9.15 Å². The number of amides is 3. The molecule has 0 aliphatic heterocycles. The van der Waals surface area contributed by atoms with E-state index >= 15 is 0 Å². The molecule has 0 radical (unpaired) electrons. The zero-order valence-electron chi connectivity index (χ0n) is 22.2. The number of anilines is 1. The van der Waals surface area contributed by atoms with Gasteiger partial charge in [-0.1, -0.05) is 38.1 Å². The maximum absolute atomic E-state index is 13.7. The SMILES string of the molecule is COc1ccc(N(C(=O)CNC(=O)c2ccco2)[C@@H](C(=O)NC(C)(C)C)c2ccc(C(C)C)cc2)cc1. The summed E-state index contributed by atoms with van der Waals surface area (Å²) in [5.41, 5.74) is 1.72. The number of methoxy groups -OCH3 is 1. The first-order valence-corrected chi connectivity index (χ1v) is 12.2. The van der Waals surface area contributed by atoms with Gasteiger partial charge >= 0.3 is 0 Å². The van der Waals surface area contributed by atoms with Crippen LogP contribution in [0.1, 0.15) is 68.3 Å². The van der Waals surface area contributed by atoms with E-state index in [0.29, 0.717) is 22.9 Å². The molecule has 0 saturated carbocycles. The highest BCUT2D eigenvalue weighted by Gasteiger charge is 2.34. The van der Waals surface area contributed by atoms with Crippen molar-refractivity contribution < 1.29 is 23.5 Å². The zero-order valence-corrected chi connectivity index (χ0v) is 22.2. The topological polar surface area (TPSA) is 101 Å². The van der Waals surface area contributed by atoms with E-state index in [-0.39, 0.29) is 18.2 Å². The molecule has 2 N–H and O–H groups in total. The lowest BCUT2D eigenvalue weighted by Gasteiger charge is -2.34. The highest BCUT2D eigenvalue weighted by atomic mass is 16.5. The number of nitrogens with zero attached hydrogens (tertiary/aromatic N) is 1. The lowest BCUT2D eigenvalue weighted by molar-refractivity contribution is -0.127. The Balaban J connectivity index is 2.04. The molecule has 3 rings (SSSR count). The molecule has 0 spiro atoms. The fraction of sp³-hybridized carbons (Fsp3) is 0.345. The van der Waals surface area contributed by atoms with Crippen molar-refractivity contribution in [2.75, 3.05) is 18.6 Å². The molecule has 0 unspecified atom stereocenters. The summed E-state index contributed by atoms with van der Waals surface area (Å²) in [4.78, 5) is 41.3. The number of furan rings is 1. The van der Waals surface area contributed by atoms with Crippen LogP contribution in [-0.2, 0) is 9.59 Å². The molecule has 0 aliphatic rings. The molecular formula is C29H35N3O5. The molecule has 3 aromatic rings. The Bertz CT molecular complexity index is 1190. The third kappa shape index (κ3) is 7.22. The zero-order chi connectivity index (χ0) is 27.2. The van der Waals surface area contributed by atoms with Crippen LogP contribution in [0.25, 0.3) is 0 Å². The summed E-state index contributed by atoms with van der Waals surface area (Å²) in [6.45, 7) is 9.49. The highest BCUT2D eigenvalue weighted by Crippen LogP contribution is 2.31. The maximum atomic E-state index is 13.7. The van der Waals surface area contributed by atoms with E-state index < -0.39 is 23.4 Å². The van der Waals surface area contributed by atoms with Crippen molar-refractivity contribution in [3.8, 4) is 5.75 Å². The monoisotopic (exact) mass is 505 g/mol. The van der Waals surface area contributed by atoms with Crippen molar-refractivity contribution in [2.45, 2.75) is 52.1 Å². The van der Waals surface area contributed by atoms with Crippen LogP contribution < -0.4 is 20.3 Å². The number of nitrogens with one attached hydrogen (secondary N) is 2. The van der Waals surface area contributed by atoms with Gasteiger partial charge < -0.3 is 19.8 Å². The Labute approximate surface area is 218 Å². The normalized spacial score (nSPS) is 12.1. The van der Waals surface area contributed by atoms with Crippen molar-refractivity contribution >= 4 is 23.4 Å². The van der Waals surface area contributed by atoms with Crippen molar-refractivity contribution in [3.05, 3.63) is 83.8 Å². The van der Waals surface area contributed by atoms with Crippen LogP contribution >= 0.6 is 0 Å². The molecule has 1 heterocycles. The van der Waals surface area contributed by atoms with Crippen LogP contribution in [0.4, 0.5) is 5.69 Å². The van der Waals surface area contributed by atoms with Crippen LogP contribution in [0.2, 0.25) is 0 Å². The van der Waals surface area contributed by atoms with Crippen molar-refractivity contribution in [2.24, 2.45) is 0 Å². The summed E-state index contributed by atoms with van der Waals surface area (Å²) in [5.74, 6) is -0.315. The molecular weight excluding hydrogens is 470 g/mol. The number of carbonyl (C=O) groups is 3. The summed E-state index contributed by atoms with van der Waals surface area (Å²) in [7, 11) is 1.55. The van der Waals surface area contributed by atoms with Crippen molar-refractivity contribution in [1.29, 1.82) is 0 Å². The smallest absolute Gasteiger partial charge is 0.287 e. The van der Waals surface area contributed by atoms with Crippen molar-refractivity contribution in [1.82, 2.24) is 10.6 Å². The molecule has 0 saturated heterocycles. The number of rotatable bonds is 9. The average Bonchev–Trinajstić information content (AvgIpc) is 3.40. The minimum absolute atomic E-state index is 0.0927. The van der Waals surface area contributed by atoms with Crippen LogP contribution in [0.5, 0.6) is 5.75 Å². The van der Waals surface area contributed by atoms with Gasteiger partial charge in [0.1, 0.15) is 11.8 Å². The lowest BCUT2D eigenvalue weighted by atomic mass is 9.96. The summed E-state index contributed by atoms with van der Waals surface area (Å²) in [5, 5.41) is 5.61. The second kappa shape index (κ2) is 11.8. The van der Waals surface area contributed by atoms with E-state index in [1.807, 2.05) is 45.0 Å². The molecule has 0 aliphatic carbocycles. The number of hydrogen-bond donors (Lipinski definition) is 2. The van der Waals surface area contributed by atoms with E-state index in [1.54, 1.807) is 37.4 Å². The first-order valence-electron chi connectivity index (χ1n) is 12.2. The fourth-order valence-corrected chi connectivity index (χ4v) is 3.83. The fourth-order valence-electron chi connectivity index (χ4n) is 3.83. The Hall–Kier alpha value is -4.07. The van der Waals surface area contributed by atoms with Gasteiger partial charge in [0.05, 0.1) is 19.9 Å². The van der Waals surface area contributed by atoms with Gasteiger partial charge in [0.2, 0.25) is 11.8 Å². The van der Waals surface area contributed by atoms with E-state index in [9.17, 15) is 14.4 Å². The van der Waals surface area contributed by atoms with Gasteiger partial charge in [0.15, 0.2) is 5.76 Å². The minimum atomic E-state index is -0.984. The molecule has 8 nitrogen and oxygen atoms in total. The summed E-state index contributed by atoms with van der Waals surface area (Å²) in [6, 6.07) is 16.7. The largest absolute Gasteiger partial charge is 0.497 e. The summed E-state index contributed by atoms with van der Waals surface area (Å²) < 4.78 is 10.4. The van der Waals surface area contributed by atoms with Gasteiger partial charge in [0, 0.05) is 11.2 Å². The minimum Gasteiger partial charge on any atom is -0.497 e. The highest BCUT2D eigenvalue weighted by molar-refractivity contribution is 6.04. The number of benzene rings is 2. The van der Waals surface area contributed by atoms with E-state index in [0.717, 1.165) is 5.56 Å². The van der Waals surface area contributed by atoms with Gasteiger partial charge in [0.25, 0.3) is 5.91 Å². The van der Waals surface area contributed by atoms with Crippen LogP contribution in [0.3, 0.4) is 0 Å². The molecule has 0 fully saturated rings. The first-order chi connectivity index (χ1) is 17.5. The molecule has 3 amide bonds. The predicted molar refractivity (Wildman–Crippen MR) is 143 cm³/mol. The third-order valence-electron chi connectivity index (χ3n) is 5.69. The van der Waals surface area contributed by atoms with Crippen LogP contribution in [0, 0.1) is 0 Å². The second-order valence-corrected chi connectivity index (χ2v) is 10.1. The number of carbonyl (C=O) groups excluding carboxylic acids is 3. The van der Waals surface area contributed by atoms with Gasteiger partial charge in [-0.3, -0.25) is 19.3 Å². The Morgan fingerprint density at radius 3 is 2.08 bits per heavy atom. The van der Waals surface area contributed by atoms with Gasteiger partial charge in [-0.15, -0.1) is 0 Å².